The number of ketones is 1. The molecular weight excluding hydrogens is 120 g/mol. The monoisotopic (exact) mass is 128 g/mol. The van der Waals surface area contributed by atoms with Crippen molar-refractivity contribution in [1.29, 1.82) is 0 Å². The zero-order chi connectivity index (χ0) is 6.57. The minimum Gasteiger partial charge on any atom is -0.294 e. The fraction of sp³-hybridized carbons (Fsp3) is 0.167. The van der Waals surface area contributed by atoms with Gasteiger partial charge in [-0.2, -0.15) is 12.6 Å². The predicted molar refractivity (Wildman–Crippen MR) is 37.9 cm³/mol. The maximum atomic E-state index is 10.4. The number of allylic oxidation sites excluding steroid dienone is 2. The number of thiol groups is 1. The lowest BCUT2D eigenvalue weighted by Crippen LogP contribution is -1.89. The van der Waals surface area contributed by atoms with E-state index in [9.17, 15) is 4.79 Å². The maximum absolute atomic E-state index is 10.4. The lowest BCUT2D eigenvalue weighted by Gasteiger charge is -1.87. The van der Waals surface area contributed by atoms with E-state index in [1.54, 1.807) is 0 Å². The average molecular weight is 128 g/mol. The second kappa shape index (κ2) is 3.50. The zero-order valence-corrected chi connectivity index (χ0v) is 5.61. The molecule has 0 saturated heterocycles. The molecule has 0 aromatic heterocycles. The van der Waals surface area contributed by atoms with E-state index in [-0.39, 0.29) is 5.78 Å². The molecule has 0 radical (unpaired) electrons. The van der Waals surface area contributed by atoms with Gasteiger partial charge in [-0.15, -0.1) is 0 Å². The van der Waals surface area contributed by atoms with E-state index >= 15 is 0 Å². The van der Waals surface area contributed by atoms with Crippen molar-refractivity contribution in [2.45, 2.75) is 6.92 Å². The summed E-state index contributed by atoms with van der Waals surface area (Å²) in [6, 6.07) is 0. The number of rotatable bonds is 2. The third-order valence-corrected chi connectivity index (χ3v) is 1.04. The number of carbonyl (C=O) groups is 1. The first-order valence-electron chi connectivity index (χ1n) is 2.20. The molecule has 44 valence electrons. The van der Waals surface area contributed by atoms with Gasteiger partial charge >= 0.3 is 0 Å². The Bertz CT molecular complexity index is 135. The lowest BCUT2D eigenvalue weighted by atomic mass is 10.2. The van der Waals surface area contributed by atoms with Crippen LogP contribution in [0, 0.1) is 0 Å². The Hall–Kier alpha value is -0.500. The van der Waals surface area contributed by atoms with E-state index in [1.165, 1.54) is 18.4 Å². The second-order valence-electron chi connectivity index (χ2n) is 1.34. The quantitative estimate of drug-likeness (QED) is 0.339. The topological polar surface area (TPSA) is 17.1 Å². The Kier molecular flexibility index (Phi) is 3.28. The number of Topliss-reactive ketones (excluding diaryl/α,β-unsaturated/α-hetero) is 1. The Balaban J connectivity index is 4.13. The summed E-state index contributed by atoms with van der Waals surface area (Å²) < 4.78 is 0. The molecular formula is C6H8OS. The highest BCUT2D eigenvalue weighted by atomic mass is 32.1. The highest BCUT2D eigenvalue weighted by Crippen LogP contribution is 1.97. The molecule has 0 aliphatic rings. The average Bonchev–Trinajstić information content (AvgIpc) is 1.69. The van der Waals surface area contributed by atoms with Crippen molar-refractivity contribution in [3.8, 4) is 0 Å². The van der Waals surface area contributed by atoms with Crippen LogP contribution in [0.1, 0.15) is 6.92 Å². The summed E-state index contributed by atoms with van der Waals surface area (Å²) in [5.74, 6) is -0.00463. The van der Waals surface area contributed by atoms with E-state index in [0.29, 0.717) is 5.57 Å². The van der Waals surface area contributed by atoms with Crippen molar-refractivity contribution in [2.24, 2.45) is 0 Å². The molecule has 0 aliphatic carbocycles. The van der Waals surface area contributed by atoms with Crippen molar-refractivity contribution in [3.63, 3.8) is 0 Å². The summed E-state index contributed by atoms with van der Waals surface area (Å²) in [4.78, 5) is 10.4. The smallest absolute Gasteiger partial charge is 0.160 e. The van der Waals surface area contributed by atoms with Gasteiger partial charge < -0.3 is 0 Å². The molecule has 0 aromatic rings. The van der Waals surface area contributed by atoms with Crippen LogP contribution in [0.25, 0.3) is 0 Å². The van der Waals surface area contributed by atoms with Gasteiger partial charge in [-0.25, -0.2) is 0 Å². The molecule has 0 aliphatic heterocycles. The van der Waals surface area contributed by atoms with Gasteiger partial charge in [0.05, 0.1) is 0 Å². The molecule has 0 bridgehead atoms. The van der Waals surface area contributed by atoms with Crippen LogP contribution in [0.3, 0.4) is 0 Å². The van der Waals surface area contributed by atoms with Gasteiger partial charge in [0, 0.05) is 5.57 Å². The van der Waals surface area contributed by atoms with Crippen LogP contribution >= 0.6 is 12.6 Å². The summed E-state index contributed by atoms with van der Waals surface area (Å²) in [5, 5.41) is 1.44. The standard InChI is InChI=1S/C6H8OS/c1-3-6(4-8)5(2)7/h3-4,8H,1H2,2H3/b6-4+. The third-order valence-electron chi connectivity index (χ3n) is 0.766. The molecule has 0 N–H and O–H groups in total. The molecule has 0 amide bonds. The summed E-state index contributed by atoms with van der Waals surface area (Å²) in [6.07, 6.45) is 1.48. The van der Waals surface area contributed by atoms with Gasteiger partial charge in [0.2, 0.25) is 0 Å². The molecule has 2 heteroatoms. The van der Waals surface area contributed by atoms with Crippen LogP contribution < -0.4 is 0 Å². The van der Waals surface area contributed by atoms with E-state index in [4.69, 9.17) is 0 Å². The van der Waals surface area contributed by atoms with Gasteiger partial charge in [0.25, 0.3) is 0 Å². The number of hydrogen-bond acceptors (Lipinski definition) is 2. The Morgan fingerprint density at radius 2 is 2.25 bits per heavy atom. The number of carbonyl (C=O) groups excluding carboxylic acids is 1. The minimum atomic E-state index is -0.00463. The first kappa shape index (κ1) is 7.50. The van der Waals surface area contributed by atoms with Crippen molar-refractivity contribution in [2.75, 3.05) is 0 Å². The summed E-state index contributed by atoms with van der Waals surface area (Å²) >= 11 is 3.78. The van der Waals surface area contributed by atoms with E-state index in [1.807, 2.05) is 0 Å². The molecule has 1 nitrogen and oxygen atoms in total. The van der Waals surface area contributed by atoms with Crippen molar-refractivity contribution >= 4 is 18.4 Å². The van der Waals surface area contributed by atoms with Crippen LogP contribution in [0.2, 0.25) is 0 Å². The fourth-order valence-electron chi connectivity index (χ4n) is 0.287. The molecule has 0 aromatic carbocycles. The first-order chi connectivity index (χ1) is 3.72. The van der Waals surface area contributed by atoms with Gasteiger partial charge in [-0.1, -0.05) is 12.7 Å². The first-order valence-corrected chi connectivity index (χ1v) is 2.71. The predicted octanol–water partition coefficient (Wildman–Crippen LogP) is 1.58. The van der Waals surface area contributed by atoms with E-state index < -0.39 is 0 Å². The number of hydrogen-bond donors (Lipinski definition) is 1. The molecule has 0 unspecified atom stereocenters. The second-order valence-corrected chi connectivity index (χ2v) is 1.60. The Morgan fingerprint density at radius 1 is 1.75 bits per heavy atom. The minimum absolute atomic E-state index is 0.00463. The molecule has 0 saturated carbocycles. The Morgan fingerprint density at radius 3 is 2.25 bits per heavy atom. The molecule has 0 spiro atoms. The van der Waals surface area contributed by atoms with Gasteiger partial charge in [-0.3, -0.25) is 4.79 Å². The molecule has 0 heterocycles. The molecule has 0 fully saturated rings. The Labute approximate surface area is 54.5 Å². The van der Waals surface area contributed by atoms with Crippen LogP contribution in [0.15, 0.2) is 23.6 Å². The molecule has 0 atom stereocenters. The van der Waals surface area contributed by atoms with E-state index in [0.717, 1.165) is 0 Å². The van der Waals surface area contributed by atoms with Crippen molar-refractivity contribution < 1.29 is 4.79 Å². The van der Waals surface area contributed by atoms with Gasteiger partial charge in [-0.05, 0) is 12.3 Å². The van der Waals surface area contributed by atoms with Gasteiger partial charge in [0.15, 0.2) is 5.78 Å². The largest absolute Gasteiger partial charge is 0.294 e. The normalized spacial score (nSPS) is 11.0. The lowest BCUT2D eigenvalue weighted by molar-refractivity contribution is -0.113. The third kappa shape index (κ3) is 1.98. The van der Waals surface area contributed by atoms with Crippen LogP contribution in [0.4, 0.5) is 0 Å². The maximum Gasteiger partial charge on any atom is 0.160 e. The zero-order valence-electron chi connectivity index (χ0n) is 4.72. The molecule has 8 heavy (non-hydrogen) atoms. The SMILES string of the molecule is C=C/C(=C\S)C(C)=O. The summed E-state index contributed by atoms with van der Waals surface area (Å²) in [5.41, 5.74) is 0.549. The highest BCUT2D eigenvalue weighted by molar-refractivity contribution is 7.83. The van der Waals surface area contributed by atoms with Crippen LogP contribution in [-0.2, 0) is 4.79 Å². The summed E-state index contributed by atoms with van der Waals surface area (Å²) in [6.45, 7) is 4.89. The molecule has 0 rings (SSSR count). The van der Waals surface area contributed by atoms with Crippen LogP contribution in [0.5, 0.6) is 0 Å². The van der Waals surface area contributed by atoms with E-state index in [2.05, 4.69) is 19.2 Å². The highest BCUT2D eigenvalue weighted by Gasteiger charge is 1.93. The van der Waals surface area contributed by atoms with Gasteiger partial charge in [0.1, 0.15) is 0 Å². The van der Waals surface area contributed by atoms with Crippen molar-refractivity contribution in [1.82, 2.24) is 0 Å². The van der Waals surface area contributed by atoms with Crippen molar-refractivity contribution in [3.05, 3.63) is 23.6 Å². The summed E-state index contributed by atoms with van der Waals surface area (Å²) in [7, 11) is 0. The van der Waals surface area contributed by atoms with Crippen LogP contribution in [-0.4, -0.2) is 5.78 Å². The fourth-order valence-corrected chi connectivity index (χ4v) is 0.575.